The first kappa shape index (κ1) is 14.0. The normalized spacial score (nSPS) is 22.4. The maximum Gasteiger partial charge on any atom is 0.381 e. The van der Waals surface area contributed by atoms with E-state index in [1.54, 1.807) is 6.92 Å². The quantitative estimate of drug-likeness (QED) is 0.341. The molecule has 0 aromatic carbocycles. The van der Waals surface area contributed by atoms with Gasteiger partial charge in [0.05, 0.1) is 0 Å². The van der Waals surface area contributed by atoms with Crippen LogP contribution >= 0.6 is 7.60 Å². The van der Waals surface area contributed by atoms with Crippen LogP contribution in [0.4, 0.5) is 0 Å². The van der Waals surface area contributed by atoms with Crippen molar-refractivity contribution in [3.05, 3.63) is 0 Å². The van der Waals surface area contributed by atoms with Gasteiger partial charge in [-0.25, -0.2) is 16.4 Å². The SMILES string of the molecule is CCC(C)(ON)P(=O)(ON)OC(C)N. The fourth-order valence-electron chi connectivity index (χ4n) is 0.808. The van der Waals surface area contributed by atoms with Crippen LogP contribution in [0.15, 0.2) is 0 Å². The standard InChI is InChI=1S/C6H18N3O4P/c1-4-6(3,12-8)14(10,13-9)11-5(2)7/h5H,4,7-9H2,1-3H3. The lowest BCUT2D eigenvalue weighted by molar-refractivity contribution is -0.00883. The molecule has 0 aliphatic heterocycles. The molecule has 3 atom stereocenters. The van der Waals surface area contributed by atoms with E-state index in [1.807, 2.05) is 0 Å². The van der Waals surface area contributed by atoms with E-state index in [4.69, 9.17) is 22.1 Å². The van der Waals surface area contributed by atoms with Gasteiger partial charge in [-0.1, -0.05) is 6.92 Å². The zero-order valence-electron chi connectivity index (χ0n) is 8.60. The molecule has 3 unspecified atom stereocenters. The summed E-state index contributed by atoms with van der Waals surface area (Å²) in [5.74, 6) is 9.94. The summed E-state index contributed by atoms with van der Waals surface area (Å²) in [6.07, 6.45) is -0.476. The molecule has 86 valence electrons. The molecule has 0 bridgehead atoms. The molecule has 0 amide bonds. The molecule has 0 saturated heterocycles. The van der Waals surface area contributed by atoms with E-state index in [9.17, 15) is 4.57 Å². The summed E-state index contributed by atoms with van der Waals surface area (Å²) in [5.41, 5.74) is 5.33. The minimum Gasteiger partial charge on any atom is -0.306 e. The summed E-state index contributed by atoms with van der Waals surface area (Å²) in [6.45, 7) is 4.68. The second-order valence-electron chi connectivity index (χ2n) is 3.06. The van der Waals surface area contributed by atoms with Crippen LogP contribution in [0.25, 0.3) is 0 Å². The van der Waals surface area contributed by atoms with Gasteiger partial charge in [-0.2, -0.15) is 0 Å². The number of rotatable bonds is 6. The van der Waals surface area contributed by atoms with Crippen molar-refractivity contribution in [1.82, 2.24) is 0 Å². The Labute approximate surface area is 83.3 Å². The zero-order chi connectivity index (χ0) is 11.4. The molecular formula is C6H18N3O4P. The van der Waals surface area contributed by atoms with E-state index in [-0.39, 0.29) is 0 Å². The fraction of sp³-hybridized carbons (Fsp3) is 1.00. The molecular weight excluding hydrogens is 209 g/mol. The van der Waals surface area contributed by atoms with Gasteiger partial charge in [-0.3, -0.25) is 13.9 Å². The number of hydrogen-bond donors (Lipinski definition) is 3. The zero-order valence-corrected chi connectivity index (χ0v) is 9.49. The lowest BCUT2D eigenvalue weighted by Gasteiger charge is -2.32. The fourth-order valence-corrected chi connectivity index (χ4v) is 2.26. The Balaban J connectivity index is 4.91. The molecule has 0 fully saturated rings. The molecule has 0 aromatic heterocycles. The summed E-state index contributed by atoms with van der Waals surface area (Å²) in [7, 11) is -3.67. The molecule has 0 saturated carbocycles. The Morgan fingerprint density at radius 2 is 2.00 bits per heavy atom. The lowest BCUT2D eigenvalue weighted by Crippen LogP contribution is -2.36. The predicted molar refractivity (Wildman–Crippen MR) is 51.6 cm³/mol. The van der Waals surface area contributed by atoms with Gasteiger partial charge >= 0.3 is 7.60 Å². The van der Waals surface area contributed by atoms with Gasteiger partial charge in [0.25, 0.3) is 0 Å². The first-order valence-corrected chi connectivity index (χ1v) is 5.70. The molecule has 0 rings (SSSR count). The third-order valence-electron chi connectivity index (χ3n) is 1.93. The topological polar surface area (TPSA) is 123 Å². The van der Waals surface area contributed by atoms with Crippen molar-refractivity contribution in [2.75, 3.05) is 0 Å². The molecule has 6 N–H and O–H groups in total. The average Bonchev–Trinajstić information content (AvgIpc) is 2.15. The monoisotopic (exact) mass is 227 g/mol. The van der Waals surface area contributed by atoms with Crippen LogP contribution in [0.2, 0.25) is 0 Å². The van der Waals surface area contributed by atoms with E-state index in [0.29, 0.717) is 6.42 Å². The van der Waals surface area contributed by atoms with Gasteiger partial charge in [0.2, 0.25) is 0 Å². The minimum atomic E-state index is -3.67. The number of hydrogen-bond acceptors (Lipinski definition) is 7. The van der Waals surface area contributed by atoms with Crippen LogP contribution in [0.1, 0.15) is 27.2 Å². The van der Waals surface area contributed by atoms with Gasteiger partial charge in [-0.05, 0) is 20.3 Å². The van der Waals surface area contributed by atoms with Gasteiger partial charge in [0.1, 0.15) is 6.23 Å². The predicted octanol–water partition coefficient (Wildman–Crippen LogP) is 0.408. The van der Waals surface area contributed by atoms with Gasteiger partial charge < -0.3 is 5.73 Å². The molecule has 14 heavy (non-hydrogen) atoms. The Morgan fingerprint density at radius 1 is 1.50 bits per heavy atom. The van der Waals surface area contributed by atoms with E-state index < -0.39 is 19.2 Å². The van der Waals surface area contributed by atoms with Gasteiger partial charge in [0, 0.05) is 0 Å². The lowest BCUT2D eigenvalue weighted by atomic mass is 10.3. The van der Waals surface area contributed by atoms with Crippen LogP contribution in [0.5, 0.6) is 0 Å². The highest BCUT2D eigenvalue weighted by atomic mass is 31.2. The van der Waals surface area contributed by atoms with Crippen molar-refractivity contribution < 1.29 is 18.6 Å². The average molecular weight is 227 g/mol. The summed E-state index contributed by atoms with van der Waals surface area (Å²) < 4.78 is 21.3. The minimum absolute atomic E-state index is 0.310. The Hall–Kier alpha value is -0.0100. The summed E-state index contributed by atoms with van der Waals surface area (Å²) in [4.78, 5) is 4.60. The Bertz CT molecular complexity index is 219. The van der Waals surface area contributed by atoms with Crippen molar-refractivity contribution in [3.8, 4) is 0 Å². The molecule has 0 aliphatic rings. The second-order valence-corrected chi connectivity index (χ2v) is 5.42. The summed E-state index contributed by atoms with van der Waals surface area (Å²) in [6, 6.07) is 0. The smallest absolute Gasteiger partial charge is 0.306 e. The highest BCUT2D eigenvalue weighted by Gasteiger charge is 2.48. The van der Waals surface area contributed by atoms with E-state index in [0.717, 1.165) is 0 Å². The highest BCUT2D eigenvalue weighted by Crippen LogP contribution is 2.60. The van der Waals surface area contributed by atoms with E-state index in [2.05, 4.69) is 9.46 Å². The van der Waals surface area contributed by atoms with Crippen molar-refractivity contribution in [2.45, 2.75) is 38.8 Å². The van der Waals surface area contributed by atoms with Crippen LogP contribution in [-0.2, 0) is 18.6 Å². The van der Waals surface area contributed by atoms with Gasteiger partial charge in [-0.15, -0.1) is 0 Å². The second kappa shape index (κ2) is 5.18. The van der Waals surface area contributed by atoms with Crippen molar-refractivity contribution in [3.63, 3.8) is 0 Å². The molecule has 8 heteroatoms. The molecule has 0 aromatic rings. The maximum absolute atomic E-state index is 12.0. The van der Waals surface area contributed by atoms with Crippen LogP contribution in [0.3, 0.4) is 0 Å². The number of nitrogens with two attached hydrogens (primary N) is 3. The maximum atomic E-state index is 12.0. The van der Waals surface area contributed by atoms with Crippen LogP contribution < -0.4 is 17.5 Å². The summed E-state index contributed by atoms with van der Waals surface area (Å²) in [5, 5.41) is -1.30. The van der Waals surface area contributed by atoms with E-state index >= 15 is 0 Å². The van der Waals surface area contributed by atoms with Crippen LogP contribution in [-0.4, -0.2) is 11.6 Å². The first-order valence-electron chi connectivity index (χ1n) is 4.15. The summed E-state index contributed by atoms with van der Waals surface area (Å²) >= 11 is 0. The van der Waals surface area contributed by atoms with Gasteiger partial charge in [0.15, 0.2) is 5.34 Å². The third-order valence-corrected chi connectivity index (χ3v) is 4.40. The van der Waals surface area contributed by atoms with Crippen molar-refractivity contribution in [2.24, 2.45) is 17.5 Å². The van der Waals surface area contributed by atoms with Crippen LogP contribution in [0, 0.1) is 0 Å². The molecule has 0 radical (unpaired) electrons. The third kappa shape index (κ3) is 2.74. The Morgan fingerprint density at radius 3 is 2.21 bits per heavy atom. The molecule has 0 spiro atoms. The van der Waals surface area contributed by atoms with Crippen molar-refractivity contribution in [1.29, 1.82) is 0 Å². The largest absolute Gasteiger partial charge is 0.381 e. The Kier molecular flexibility index (Phi) is 5.17. The van der Waals surface area contributed by atoms with Crippen molar-refractivity contribution >= 4 is 7.60 Å². The highest BCUT2D eigenvalue weighted by molar-refractivity contribution is 7.55. The first-order chi connectivity index (χ1) is 6.35. The van der Waals surface area contributed by atoms with E-state index in [1.165, 1.54) is 13.8 Å². The molecule has 0 aliphatic carbocycles. The molecule has 0 heterocycles. The molecule has 7 nitrogen and oxygen atoms in total.